The maximum atomic E-state index is 12.2. The minimum Gasteiger partial charge on any atom is -0.508 e. The number of Topliss-reactive ketones (excluding diaryl/α,β-unsaturated/α-hetero) is 1. The van der Waals surface area contributed by atoms with Crippen LogP contribution >= 0.6 is 0 Å². The van der Waals surface area contributed by atoms with E-state index in [1.165, 1.54) is 31.0 Å². The molecule has 0 atom stereocenters. The molecule has 4 heteroatoms. The van der Waals surface area contributed by atoms with Gasteiger partial charge in [0, 0.05) is 6.07 Å². The molecule has 2 N–H and O–H groups in total. The fraction of sp³-hybridized carbons (Fsp3) is 0.562. The molecule has 1 heterocycles. The van der Waals surface area contributed by atoms with Crippen molar-refractivity contribution < 1.29 is 15.0 Å². The topological polar surface area (TPSA) is 60.8 Å². The first kappa shape index (κ1) is 14.9. The van der Waals surface area contributed by atoms with Gasteiger partial charge in [0.1, 0.15) is 11.5 Å². The van der Waals surface area contributed by atoms with Crippen LogP contribution < -0.4 is 0 Å². The van der Waals surface area contributed by atoms with Crippen LogP contribution in [0.4, 0.5) is 0 Å². The third-order valence-electron chi connectivity index (χ3n) is 4.05. The summed E-state index contributed by atoms with van der Waals surface area (Å²) in [4.78, 5) is 14.3. The van der Waals surface area contributed by atoms with Crippen molar-refractivity contribution >= 4 is 5.78 Å². The predicted molar refractivity (Wildman–Crippen MR) is 78.2 cm³/mol. The first-order valence-corrected chi connectivity index (χ1v) is 7.37. The predicted octanol–water partition coefficient (Wildman–Crippen LogP) is 2.79. The molecule has 1 aliphatic rings. The van der Waals surface area contributed by atoms with Gasteiger partial charge < -0.3 is 10.2 Å². The Hall–Kier alpha value is -1.55. The zero-order valence-corrected chi connectivity index (χ0v) is 12.0. The van der Waals surface area contributed by atoms with Gasteiger partial charge in [0.2, 0.25) is 0 Å². The van der Waals surface area contributed by atoms with Crippen LogP contribution in [0, 0.1) is 5.92 Å². The zero-order valence-electron chi connectivity index (χ0n) is 12.0. The van der Waals surface area contributed by atoms with Crippen molar-refractivity contribution in [1.29, 1.82) is 0 Å². The number of benzene rings is 1. The fourth-order valence-corrected chi connectivity index (χ4v) is 2.89. The van der Waals surface area contributed by atoms with E-state index in [4.69, 9.17) is 0 Å². The molecule has 0 aliphatic carbocycles. The van der Waals surface area contributed by atoms with Crippen molar-refractivity contribution in [2.24, 2.45) is 5.92 Å². The quantitative estimate of drug-likeness (QED) is 0.812. The van der Waals surface area contributed by atoms with Crippen LogP contribution in [0.25, 0.3) is 0 Å². The zero-order chi connectivity index (χ0) is 14.5. The standard InChI is InChI=1S/C16H23NO3/c1-2-3-12-6-8-17(9-7-12)11-16(20)14-5-4-13(18)10-15(14)19/h4-5,10,12,18-19H,2-3,6-9,11H2,1H3. The average molecular weight is 277 g/mol. The summed E-state index contributed by atoms with van der Waals surface area (Å²) in [6.07, 6.45) is 4.82. The number of carbonyl (C=O) groups excluding carboxylic acids is 1. The van der Waals surface area contributed by atoms with E-state index < -0.39 is 0 Å². The maximum Gasteiger partial charge on any atom is 0.180 e. The number of piperidine rings is 1. The molecule has 2 rings (SSSR count). The Balaban J connectivity index is 1.89. The number of likely N-dealkylation sites (tertiary alicyclic amines) is 1. The average Bonchev–Trinajstić information content (AvgIpc) is 2.41. The van der Waals surface area contributed by atoms with Crippen LogP contribution in [-0.2, 0) is 0 Å². The maximum absolute atomic E-state index is 12.2. The number of hydrogen-bond donors (Lipinski definition) is 2. The van der Waals surface area contributed by atoms with Crippen molar-refractivity contribution in [2.75, 3.05) is 19.6 Å². The lowest BCUT2D eigenvalue weighted by Gasteiger charge is -2.31. The van der Waals surface area contributed by atoms with Gasteiger partial charge in [-0.15, -0.1) is 0 Å². The number of nitrogens with zero attached hydrogens (tertiary/aromatic N) is 1. The van der Waals surface area contributed by atoms with E-state index in [0.29, 0.717) is 12.1 Å². The molecular formula is C16H23NO3. The summed E-state index contributed by atoms with van der Waals surface area (Å²) in [5, 5.41) is 18.9. The summed E-state index contributed by atoms with van der Waals surface area (Å²) < 4.78 is 0. The van der Waals surface area contributed by atoms with Gasteiger partial charge in [-0.3, -0.25) is 9.69 Å². The van der Waals surface area contributed by atoms with Crippen molar-refractivity contribution in [2.45, 2.75) is 32.6 Å². The Morgan fingerprint density at radius 2 is 2.00 bits per heavy atom. The third kappa shape index (κ3) is 3.73. The molecule has 0 amide bonds. The lowest BCUT2D eigenvalue weighted by atomic mass is 9.92. The summed E-state index contributed by atoms with van der Waals surface area (Å²) in [7, 11) is 0. The van der Waals surface area contributed by atoms with Gasteiger partial charge in [0.05, 0.1) is 12.1 Å². The second kappa shape index (κ2) is 6.75. The molecule has 0 saturated carbocycles. The highest BCUT2D eigenvalue weighted by molar-refractivity contribution is 6.00. The lowest BCUT2D eigenvalue weighted by molar-refractivity contribution is 0.0890. The molecule has 4 nitrogen and oxygen atoms in total. The first-order chi connectivity index (χ1) is 9.60. The number of rotatable bonds is 5. The Labute approximate surface area is 120 Å². The van der Waals surface area contributed by atoms with Gasteiger partial charge in [0.15, 0.2) is 5.78 Å². The fourth-order valence-electron chi connectivity index (χ4n) is 2.89. The van der Waals surface area contributed by atoms with Crippen LogP contribution in [0.2, 0.25) is 0 Å². The third-order valence-corrected chi connectivity index (χ3v) is 4.05. The van der Waals surface area contributed by atoms with Crippen molar-refractivity contribution in [3.8, 4) is 11.5 Å². The molecule has 0 unspecified atom stereocenters. The molecule has 0 radical (unpaired) electrons. The normalized spacial score (nSPS) is 17.2. The number of phenols is 2. The van der Waals surface area contributed by atoms with Crippen molar-refractivity contribution in [3.05, 3.63) is 23.8 Å². The number of hydrogen-bond acceptors (Lipinski definition) is 4. The molecule has 0 aromatic heterocycles. The Kier molecular flexibility index (Phi) is 5.01. The molecule has 1 aromatic rings. The Bertz CT molecular complexity index is 465. The van der Waals surface area contributed by atoms with Crippen molar-refractivity contribution in [1.82, 2.24) is 4.90 Å². The highest BCUT2D eigenvalue weighted by atomic mass is 16.3. The Morgan fingerprint density at radius 1 is 1.30 bits per heavy atom. The van der Waals surface area contributed by atoms with Crippen LogP contribution in [0.1, 0.15) is 43.0 Å². The van der Waals surface area contributed by atoms with Crippen LogP contribution in [-0.4, -0.2) is 40.5 Å². The molecule has 110 valence electrons. The summed E-state index contributed by atoms with van der Waals surface area (Å²) >= 11 is 0. The molecule has 0 bridgehead atoms. The minimum absolute atomic E-state index is 0.0283. The molecule has 1 fully saturated rings. The van der Waals surface area contributed by atoms with Crippen LogP contribution in [0.15, 0.2) is 18.2 Å². The highest BCUT2D eigenvalue weighted by Gasteiger charge is 2.21. The lowest BCUT2D eigenvalue weighted by Crippen LogP contribution is -2.37. The first-order valence-electron chi connectivity index (χ1n) is 7.37. The highest BCUT2D eigenvalue weighted by Crippen LogP contribution is 2.25. The van der Waals surface area contributed by atoms with Gasteiger partial charge >= 0.3 is 0 Å². The SMILES string of the molecule is CCCC1CCN(CC(=O)c2ccc(O)cc2O)CC1. The molecule has 1 aliphatic heterocycles. The number of carbonyl (C=O) groups is 1. The van der Waals surface area contributed by atoms with E-state index in [1.807, 2.05) is 0 Å². The van der Waals surface area contributed by atoms with Gasteiger partial charge in [-0.2, -0.15) is 0 Å². The molecular weight excluding hydrogens is 254 g/mol. The van der Waals surface area contributed by atoms with E-state index in [0.717, 1.165) is 31.8 Å². The van der Waals surface area contributed by atoms with E-state index in [2.05, 4.69) is 11.8 Å². The minimum atomic E-state index is -0.143. The monoisotopic (exact) mass is 277 g/mol. The van der Waals surface area contributed by atoms with E-state index in [9.17, 15) is 15.0 Å². The smallest absolute Gasteiger partial charge is 0.180 e. The van der Waals surface area contributed by atoms with Crippen molar-refractivity contribution in [3.63, 3.8) is 0 Å². The summed E-state index contributed by atoms with van der Waals surface area (Å²) in [5.41, 5.74) is 0.290. The second-order valence-electron chi connectivity index (χ2n) is 5.63. The second-order valence-corrected chi connectivity index (χ2v) is 5.63. The molecule has 0 spiro atoms. The van der Waals surface area contributed by atoms with Gasteiger partial charge in [-0.1, -0.05) is 19.8 Å². The summed E-state index contributed by atoms with van der Waals surface area (Å²) in [6.45, 7) is 4.46. The number of phenolic OH excluding ortho intramolecular Hbond substituents is 2. The largest absolute Gasteiger partial charge is 0.508 e. The number of ketones is 1. The van der Waals surface area contributed by atoms with Crippen LogP contribution in [0.3, 0.4) is 0 Å². The van der Waals surface area contributed by atoms with E-state index in [1.54, 1.807) is 0 Å². The van der Waals surface area contributed by atoms with Crippen LogP contribution in [0.5, 0.6) is 11.5 Å². The summed E-state index contributed by atoms with van der Waals surface area (Å²) in [6, 6.07) is 4.12. The van der Waals surface area contributed by atoms with Gasteiger partial charge in [-0.25, -0.2) is 0 Å². The van der Waals surface area contributed by atoms with Gasteiger partial charge in [-0.05, 0) is 44.0 Å². The molecule has 1 saturated heterocycles. The summed E-state index contributed by atoms with van der Waals surface area (Å²) in [5.74, 6) is 0.542. The Morgan fingerprint density at radius 3 is 2.60 bits per heavy atom. The van der Waals surface area contributed by atoms with E-state index in [-0.39, 0.29) is 17.3 Å². The van der Waals surface area contributed by atoms with E-state index >= 15 is 0 Å². The molecule has 1 aromatic carbocycles. The molecule has 20 heavy (non-hydrogen) atoms. The number of aromatic hydroxyl groups is 2. The van der Waals surface area contributed by atoms with Gasteiger partial charge in [0.25, 0.3) is 0 Å².